The molecule has 0 aromatic carbocycles. The molecule has 0 N–H and O–H groups in total. The summed E-state index contributed by atoms with van der Waals surface area (Å²) in [6, 6.07) is 7.38. The van der Waals surface area contributed by atoms with E-state index in [0.29, 0.717) is 5.03 Å². The highest BCUT2D eigenvalue weighted by atomic mass is 32.2. The van der Waals surface area contributed by atoms with Crippen LogP contribution in [-0.2, 0) is 10.8 Å². The molecule has 4 heteroatoms. The lowest BCUT2D eigenvalue weighted by atomic mass is 10.3. The summed E-state index contributed by atoms with van der Waals surface area (Å²) in [6.07, 6.45) is 3.49. The van der Waals surface area contributed by atoms with Crippen LogP contribution >= 0.6 is 11.3 Å². The first-order valence-corrected chi connectivity index (χ1v) is 6.54. The Balaban J connectivity index is 2.11. The average Bonchev–Trinajstić information content (AvgIpc) is 2.80. The number of thiophene rings is 1. The second kappa shape index (κ2) is 5.00. The molecule has 15 heavy (non-hydrogen) atoms. The highest BCUT2D eigenvalue weighted by molar-refractivity contribution is 7.88. The first kappa shape index (κ1) is 10.3. The van der Waals surface area contributed by atoms with Crippen LogP contribution in [0.2, 0.25) is 0 Å². The van der Waals surface area contributed by atoms with Crippen LogP contribution in [0.15, 0.2) is 51.7 Å². The predicted octanol–water partition coefficient (Wildman–Crippen LogP) is 2.92. The van der Waals surface area contributed by atoms with Gasteiger partial charge in [0.15, 0.2) is 0 Å². The summed E-state index contributed by atoms with van der Waals surface area (Å²) < 4.78 is 11.7. The third-order valence-electron chi connectivity index (χ3n) is 1.77. The molecule has 0 aliphatic rings. The van der Waals surface area contributed by atoms with Gasteiger partial charge in [-0.15, -0.1) is 0 Å². The molecule has 0 fully saturated rings. The zero-order valence-electron chi connectivity index (χ0n) is 7.87. The smallest absolute Gasteiger partial charge is 0.131 e. The third kappa shape index (κ3) is 2.84. The number of hydrogen-bond acceptors (Lipinski definition) is 3. The first-order valence-electron chi connectivity index (χ1n) is 4.38. The number of rotatable bonds is 3. The van der Waals surface area contributed by atoms with Crippen molar-refractivity contribution in [1.82, 2.24) is 4.98 Å². The van der Waals surface area contributed by atoms with Crippen LogP contribution in [0.5, 0.6) is 0 Å². The summed E-state index contributed by atoms with van der Waals surface area (Å²) in [7, 11) is -1.16. The Morgan fingerprint density at radius 3 is 2.93 bits per heavy atom. The number of pyridine rings is 1. The quantitative estimate of drug-likeness (QED) is 0.818. The zero-order chi connectivity index (χ0) is 10.5. The zero-order valence-corrected chi connectivity index (χ0v) is 9.50. The van der Waals surface area contributed by atoms with Crippen molar-refractivity contribution in [1.29, 1.82) is 0 Å². The Bertz CT molecular complexity index is 463. The van der Waals surface area contributed by atoms with Crippen molar-refractivity contribution < 1.29 is 4.21 Å². The van der Waals surface area contributed by atoms with Gasteiger partial charge in [0, 0.05) is 11.6 Å². The minimum atomic E-state index is -1.16. The van der Waals surface area contributed by atoms with Crippen molar-refractivity contribution in [3.05, 3.63) is 52.2 Å². The van der Waals surface area contributed by atoms with Crippen LogP contribution in [0, 0.1) is 0 Å². The van der Waals surface area contributed by atoms with Crippen molar-refractivity contribution in [2.45, 2.75) is 5.03 Å². The van der Waals surface area contributed by atoms with E-state index in [0.717, 1.165) is 5.56 Å². The number of aromatic nitrogens is 1. The lowest BCUT2D eigenvalue weighted by Crippen LogP contribution is -1.88. The number of nitrogens with zero attached hydrogens (tertiary/aromatic N) is 1. The molecule has 2 heterocycles. The van der Waals surface area contributed by atoms with E-state index in [1.807, 2.05) is 35.0 Å². The summed E-state index contributed by atoms with van der Waals surface area (Å²) in [4.78, 5) is 4.03. The minimum absolute atomic E-state index is 0.587. The Morgan fingerprint density at radius 2 is 2.27 bits per heavy atom. The lowest BCUT2D eigenvalue weighted by Gasteiger charge is -1.93. The maximum atomic E-state index is 11.7. The molecule has 0 spiro atoms. The summed E-state index contributed by atoms with van der Waals surface area (Å²) in [6.45, 7) is 0. The van der Waals surface area contributed by atoms with E-state index in [1.165, 1.54) is 0 Å². The van der Waals surface area contributed by atoms with Crippen molar-refractivity contribution in [2.24, 2.45) is 0 Å². The molecule has 2 aromatic heterocycles. The largest absolute Gasteiger partial charge is 0.248 e. The van der Waals surface area contributed by atoms with Gasteiger partial charge < -0.3 is 0 Å². The van der Waals surface area contributed by atoms with E-state index in [4.69, 9.17) is 0 Å². The molecule has 1 atom stereocenters. The predicted molar refractivity (Wildman–Crippen MR) is 64.0 cm³/mol. The van der Waals surface area contributed by atoms with Crippen molar-refractivity contribution in [3.63, 3.8) is 0 Å². The van der Waals surface area contributed by atoms with Gasteiger partial charge in [0.25, 0.3) is 0 Å². The van der Waals surface area contributed by atoms with Gasteiger partial charge in [0.1, 0.15) is 5.03 Å². The summed E-state index contributed by atoms with van der Waals surface area (Å²) in [5.74, 6) is 0. The Hall–Kier alpha value is -1.26. The second-order valence-electron chi connectivity index (χ2n) is 2.82. The molecule has 0 saturated carbocycles. The van der Waals surface area contributed by atoms with Gasteiger partial charge in [-0.05, 0) is 40.6 Å². The Labute approximate surface area is 94.8 Å². The summed E-state index contributed by atoms with van der Waals surface area (Å²) >= 11 is 1.62. The fourth-order valence-corrected chi connectivity index (χ4v) is 2.47. The average molecular weight is 235 g/mol. The van der Waals surface area contributed by atoms with Crippen molar-refractivity contribution in [3.8, 4) is 0 Å². The molecule has 0 radical (unpaired) electrons. The van der Waals surface area contributed by atoms with E-state index >= 15 is 0 Å². The van der Waals surface area contributed by atoms with Crippen LogP contribution in [-0.4, -0.2) is 9.19 Å². The molecule has 0 amide bonds. The maximum Gasteiger partial charge on any atom is 0.131 e. The van der Waals surface area contributed by atoms with Gasteiger partial charge >= 0.3 is 0 Å². The van der Waals surface area contributed by atoms with E-state index in [2.05, 4.69) is 4.98 Å². The molecule has 0 aliphatic carbocycles. The van der Waals surface area contributed by atoms with E-state index < -0.39 is 10.8 Å². The Morgan fingerprint density at radius 1 is 1.33 bits per heavy atom. The molecular formula is C11H9NOS2. The van der Waals surface area contributed by atoms with Gasteiger partial charge in [0.05, 0.1) is 10.8 Å². The SMILES string of the molecule is O=S(/C=C\c1ccsc1)c1ccccn1. The maximum absolute atomic E-state index is 11.7. The van der Waals surface area contributed by atoms with Crippen molar-refractivity contribution in [2.75, 3.05) is 0 Å². The van der Waals surface area contributed by atoms with Crippen LogP contribution in [0.3, 0.4) is 0 Å². The van der Waals surface area contributed by atoms with Gasteiger partial charge in [-0.25, -0.2) is 9.19 Å². The standard InChI is InChI=1S/C11H9NOS2/c13-15(11-3-1-2-6-12-11)8-5-10-4-7-14-9-10/h1-9H/b8-5-. The summed E-state index contributed by atoms with van der Waals surface area (Å²) in [5, 5.41) is 6.24. The molecule has 0 aliphatic heterocycles. The van der Waals surface area contributed by atoms with Crippen LogP contribution in [0.25, 0.3) is 6.08 Å². The highest BCUT2D eigenvalue weighted by Gasteiger charge is 1.98. The molecule has 0 saturated heterocycles. The van der Waals surface area contributed by atoms with E-state index in [9.17, 15) is 4.21 Å². The van der Waals surface area contributed by atoms with Gasteiger partial charge in [-0.2, -0.15) is 11.3 Å². The topological polar surface area (TPSA) is 30.0 Å². The number of hydrogen-bond donors (Lipinski definition) is 0. The molecule has 2 aromatic rings. The van der Waals surface area contributed by atoms with E-state index in [1.54, 1.807) is 29.0 Å². The Kier molecular flexibility index (Phi) is 3.42. The second-order valence-corrected chi connectivity index (χ2v) is 4.89. The molecule has 2 nitrogen and oxygen atoms in total. The third-order valence-corrected chi connectivity index (χ3v) is 3.51. The monoisotopic (exact) mass is 235 g/mol. The van der Waals surface area contributed by atoms with Gasteiger partial charge in [-0.3, -0.25) is 0 Å². The van der Waals surface area contributed by atoms with Crippen molar-refractivity contribution >= 4 is 28.2 Å². The van der Waals surface area contributed by atoms with Crippen LogP contribution < -0.4 is 0 Å². The van der Waals surface area contributed by atoms with Crippen LogP contribution in [0.1, 0.15) is 5.56 Å². The van der Waals surface area contributed by atoms with Gasteiger partial charge in [-0.1, -0.05) is 6.07 Å². The molecular weight excluding hydrogens is 226 g/mol. The minimum Gasteiger partial charge on any atom is -0.248 e. The fourth-order valence-electron chi connectivity index (χ4n) is 1.05. The normalized spacial score (nSPS) is 13.1. The summed E-state index contributed by atoms with van der Waals surface area (Å²) in [5.41, 5.74) is 1.07. The van der Waals surface area contributed by atoms with Crippen LogP contribution in [0.4, 0.5) is 0 Å². The molecule has 0 bridgehead atoms. The van der Waals surface area contributed by atoms with E-state index in [-0.39, 0.29) is 0 Å². The van der Waals surface area contributed by atoms with Gasteiger partial charge in [0.2, 0.25) is 0 Å². The molecule has 2 rings (SSSR count). The highest BCUT2D eigenvalue weighted by Crippen LogP contribution is 2.10. The molecule has 1 unspecified atom stereocenters. The fraction of sp³-hybridized carbons (Fsp3) is 0. The first-order chi connectivity index (χ1) is 7.36. The molecule has 76 valence electrons. The lowest BCUT2D eigenvalue weighted by molar-refractivity contribution is 0.686.